The number of rotatable bonds is 3. The molecule has 218 valence electrons. The average Bonchev–Trinajstić information content (AvgIpc) is 3.52. The van der Waals surface area contributed by atoms with E-state index in [0.717, 1.165) is 27.5 Å². The van der Waals surface area contributed by atoms with E-state index in [1.807, 2.05) is 0 Å². The van der Waals surface area contributed by atoms with Crippen LogP contribution in [0.4, 0.5) is 0 Å². The smallest absolute Gasteiger partial charge is 0.143 e. The molecular formula is C46H28O. The molecule has 1 heterocycles. The van der Waals surface area contributed by atoms with Crippen LogP contribution in [0.3, 0.4) is 0 Å². The minimum Gasteiger partial charge on any atom is -0.455 e. The second-order valence-electron chi connectivity index (χ2n) is 12.4. The molecule has 0 bridgehead atoms. The Bertz CT molecular complexity index is 2780. The van der Waals surface area contributed by atoms with Crippen LogP contribution in [0.25, 0.3) is 98.4 Å². The van der Waals surface area contributed by atoms with Crippen molar-refractivity contribution in [3.63, 3.8) is 0 Å². The lowest BCUT2D eigenvalue weighted by Gasteiger charge is -2.19. The average molecular weight is 597 g/mol. The van der Waals surface area contributed by atoms with Gasteiger partial charge in [0.25, 0.3) is 0 Å². The summed E-state index contributed by atoms with van der Waals surface area (Å²) in [5.74, 6) is 0. The van der Waals surface area contributed by atoms with Crippen LogP contribution in [0.2, 0.25) is 0 Å². The van der Waals surface area contributed by atoms with E-state index < -0.39 is 0 Å². The summed E-state index contributed by atoms with van der Waals surface area (Å²) in [6, 6.07) is 61.6. The number of hydrogen-bond acceptors (Lipinski definition) is 1. The van der Waals surface area contributed by atoms with Crippen LogP contribution >= 0.6 is 0 Å². The molecule has 0 amide bonds. The summed E-state index contributed by atoms with van der Waals surface area (Å²) < 4.78 is 6.67. The van der Waals surface area contributed by atoms with Crippen LogP contribution in [0.5, 0.6) is 0 Å². The summed E-state index contributed by atoms with van der Waals surface area (Å²) in [6.07, 6.45) is 0. The molecule has 0 unspecified atom stereocenters. The third-order valence-corrected chi connectivity index (χ3v) is 9.84. The van der Waals surface area contributed by atoms with Crippen molar-refractivity contribution in [1.29, 1.82) is 0 Å². The second kappa shape index (κ2) is 10.2. The molecule has 0 saturated carbocycles. The summed E-state index contributed by atoms with van der Waals surface area (Å²) in [6.45, 7) is 0. The van der Waals surface area contributed by atoms with Gasteiger partial charge in [-0.25, -0.2) is 0 Å². The molecule has 0 aliphatic carbocycles. The quantitative estimate of drug-likeness (QED) is 0.185. The molecule has 0 spiro atoms. The van der Waals surface area contributed by atoms with Gasteiger partial charge in [0.1, 0.15) is 11.2 Å². The molecule has 9 aromatic carbocycles. The molecule has 1 heteroatoms. The Kier molecular flexibility index (Phi) is 5.64. The van der Waals surface area contributed by atoms with E-state index in [2.05, 4.69) is 170 Å². The Labute approximate surface area is 271 Å². The highest BCUT2D eigenvalue weighted by Gasteiger charge is 2.21. The maximum atomic E-state index is 6.67. The van der Waals surface area contributed by atoms with Crippen molar-refractivity contribution in [2.24, 2.45) is 0 Å². The minimum atomic E-state index is 0.905. The van der Waals surface area contributed by atoms with Crippen LogP contribution in [-0.2, 0) is 0 Å². The largest absolute Gasteiger partial charge is 0.455 e. The highest BCUT2D eigenvalue weighted by atomic mass is 16.3. The van der Waals surface area contributed by atoms with Gasteiger partial charge in [0.05, 0.1) is 0 Å². The molecule has 47 heavy (non-hydrogen) atoms. The fourth-order valence-electron chi connectivity index (χ4n) is 7.80. The Morgan fingerprint density at radius 1 is 0.298 bits per heavy atom. The topological polar surface area (TPSA) is 13.1 Å². The van der Waals surface area contributed by atoms with Crippen molar-refractivity contribution in [2.75, 3.05) is 0 Å². The lowest BCUT2D eigenvalue weighted by atomic mass is 9.83. The van der Waals surface area contributed by atoms with Gasteiger partial charge in [0, 0.05) is 16.3 Å². The van der Waals surface area contributed by atoms with Gasteiger partial charge >= 0.3 is 0 Å². The van der Waals surface area contributed by atoms with E-state index in [4.69, 9.17) is 4.42 Å². The molecule has 10 aromatic rings. The van der Waals surface area contributed by atoms with Crippen molar-refractivity contribution in [3.05, 3.63) is 170 Å². The van der Waals surface area contributed by atoms with Crippen molar-refractivity contribution in [2.45, 2.75) is 0 Å². The maximum absolute atomic E-state index is 6.67. The van der Waals surface area contributed by atoms with Gasteiger partial charge in [-0.3, -0.25) is 0 Å². The van der Waals surface area contributed by atoms with E-state index in [1.54, 1.807) is 0 Å². The fraction of sp³-hybridized carbons (Fsp3) is 0. The molecule has 0 radical (unpaired) electrons. The third-order valence-electron chi connectivity index (χ3n) is 9.84. The predicted molar refractivity (Wildman–Crippen MR) is 200 cm³/mol. The van der Waals surface area contributed by atoms with Gasteiger partial charge < -0.3 is 4.42 Å². The van der Waals surface area contributed by atoms with Crippen molar-refractivity contribution >= 4 is 65.0 Å². The molecule has 1 aromatic heterocycles. The summed E-state index contributed by atoms with van der Waals surface area (Å²) in [4.78, 5) is 0. The van der Waals surface area contributed by atoms with Crippen molar-refractivity contribution in [3.8, 4) is 33.4 Å². The van der Waals surface area contributed by atoms with Crippen LogP contribution in [0.15, 0.2) is 174 Å². The van der Waals surface area contributed by atoms with E-state index in [1.165, 1.54) is 70.9 Å². The summed E-state index contributed by atoms with van der Waals surface area (Å²) in [5.41, 5.74) is 9.08. The van der Waals surface area contributed by atoms with Gasteiger partial charge in [-0.1, -0.05) is 152 Å². The lowest BCUT2D eigenvalue weighted by Crippen LogP contribution is -1.92. The zero-order valence-corrected chi connectivity index (χ0v) is 25.6. The van der Waals surface area contributed by atoms with Crippen molar-refractivity contribution < 1.29 is 4.42 Å². The molecule has 0 fully saturated rings. The number of para-hydroxylation sites is 1. The first-order chi connectivity index (χ1) is 23.3. The van der Waals surface area contributed by atoms with E-state index in [-0.39, 0.29) is 0 Å². The van der Waals surface area contributed by atoms with Crippen LogP contribution in [0.1, 0.15) is 0 Å². The first kappa shape index (κ1) is 26.1. The number of furan rings is 1. The van der Waals surface area contributed by atoms with Gasteiger partial charge in [-0.05, 0) is 89.1 Å². The molecule has 0 N–H and O–H groups in total. The molecule has 10 rings (SSSR count). The number of benzene rings is 9. The van der Waals surface area contributed by atoms with Gasteiger partial charge in [-0.2, -0.15) is 0 Å². The van der Waals surface area contributed by atoms with E-state index in [0.29, 0.717) is 0 Å². The first-order valence-electron chi connectivity index (χ1n) is 16.2. The normalized spacial score (nSPS) is 11.8. The molecule has 0 atom stereocenters. The van der Waals surface area contributed by atoms with Crippen LogP contribution in [0, 0.1) is 0 Å². The number of hydrogen-bond donors (Lipinski definition) is 0. The lowest BCUT2D eigenvalue weighted by molar-refractivity contribution is 0.670. The molecule has 0 aliphatic rings. The van der Waals surface area contributed by atoms with E-state index >= 15 is 0 Å². The van der Waals surface area contributed by atoms with Gasteiger partial charge in [0.2, 0.25) is 0 Å². The van der Waals surface area contributed by atoms with Gasteiger partial charge in [-0.15, -0.1) is 0 Å². The predicted octanol–water partition coefficient (Wildman–Crippen LogP) is 13.2. The molecule has 1 nitrogen and oxygen atoms in total. The Balaban J connectivity index is 1.37. The molecule has 0 saturated heterocycles. The first-order valence-corrected chi connectivity index (χ1v) is 16.2. The minimum absolute atomic E-state index is 0.905. The maximum Gasteiger partial charge on any atom is 0.143 e. The zero-order valence-electron chi connectivity index (χ0n) is 25.6. The van der Waals surface area contributed by atoms with E-state index in [9.17, 15) is 0 Å². The van der Waals surface area contributed by atoms with Crippen LogP contribution < -0.4 is 0 Å². The van der Waals surface area contributed by atoms with Crippen LogP contribution in [-0.4, -0.2) is 0 Å². The highest BCUT2D eigenvalue weighted by molar-refractivity contribution is 6.25. The molecular weight excluding hydrogens is 569 g/mol. The highest BCUT2D eigenvalue weighted by Crippen LogP contribution is 2.48. The standard InChI is InChI=1S/C46H28O/c1-3-17-32-29(13-1)15-11-24-34(32)41-27-31(28-42-35-19-9-10-26-43(35)47-46(41)42)44-37-20-5-7-22-39(37)45(40-23-8-6-21-38(40)44)36-25-12-16-30-14-2-4-18-33(30)36/h1-28H. The SMILES string of the molecule is c1ccc2c(-c3c4ccccc4c(-c4cc(-c5cccc6ccccc56)c5oc6ccccc6c5c4)c4ccccc34)cccc2c1. The van der Waals surface area contributed by atoms with Gasteiger partial charge in [0.15, 0.2) is 0 Å². The summed E-state index contributed by atoms with van der Waals surface area (Å²) >= 11 is 0. The Hall–Kier alpha value is -6.18. The second-order valence-corrected chi connectivity index (χ2v) is 12.4. The summed E-state index contributed by atoms with van der Waals surface area (Å²) in [5, 5.41) is 12.2. The Morgan fingerprint density at radius 2 is 0.766 bits per heavy atom. The monoisotopic (exact) mass is 596 g/mol. The Morgan fingerprint density at radius 3 is 1.40 bits per heavy atom. The zero-order chi connectivity index (χ0) is 30.9. The summed E-state index contributed by atoms with van der Waals surface area (Å²) in [7, 11) is 0. The van der Waals surface area contributed by atoms with Crippen molar-refractivity contribution in [1.82, 2.24) is 0 Å². The fourth-order valence-corrected chi connectivity index (χ4v) is 7.80. The number of fused-ring (bicyclic) bond motifs is 7. The third kappa shape index (κ3) is 3.90. The molecule has 0 aliphatic heterocycles.